The number of rotatable bonds is 6. The van der Waals surface area contributed by atoms with Gasteiger partial charge in [0.1, 0.15) is 0 Å². The number of carbonyl (C=O) groups is 2. The number of hydrogen-bond acceptors (Lipinski definition) is 4. The Morgan fingerprint density at radius 3 is 2.23 bits per heavy atom. The molecule has 0 saturated carbocycles. The second-order valence-electron chi connectivity index (χ2n) is 9.41. The van der Waals surface area contributed by atoms with Gasteiger partial charge in [0.2, 0.25) is 11.8 Å². The van der Waals surface area contributed by atoms with Gasteiger partial charge in [-0.3, -0.25) is 14.5 Å². The molecule has 1 aromatic heterocycles. The fourth-order valence-electron chi connectivity index (χ4n) is 5.47. The summed E-state index contributed by atoms with van der Waals surface area (Å²) in [5.41, 5.74) is 3.65. The van der Waals surface area contributed by atoms with Crippen molar-refractivity contribution in [3.8, 4) is 0 Å². The summed E-state index contributed by atoms with van der Waals surface area (Å²) in [6.07, 6.45) is 1.77. The summed E-state index contributed by atoms with van der Waals surface area (Å²) in [6.45, 7) is 5.76. The fraction of sp³-hybridized carbons (Fsp3) is 0.379. The quantitative estimate of drug-likeness (QED) is 0.512. The van der Waals surface area contributed by atoms with Crippen LogP contribution in [-0.2, 0) is 16.0 Å². The van der Waals surface area contributed by atoms with Gasteiger partial charge in [-0.1, -0.05) is 67.6 Å². The molecule has 5 rings (SSSR count). The fourth-order valence-corrected chi connectivity index (χ4v) is 6.38. The van der Waals surface area contributed by atoms with E-state index in [1.54, 1.807) is 0 Å². The van der Waals surface area contributed by atoms with Crippen LogP contribution in [0.5, 0.6) is 0 Å². The lowest BCUT2D eigenvalue weighted by molar-refractivity contribution is -0.141. The first kappa shape index (κ1) is 23.8. The molecule has 0 radical (unpaired) electrons. The number of thiophene rings is 1. The van der Waals surface area contributed by atoms with Crippen molar-refractivity contribution in [1.29, 1.82) is 0 Å². The zero-order chi connectivity index (χ0) is 24.2. The van der Waals surface area contributed by atoms with Crippen molar-refractivity contribution in [2.75, 3.05) is 39.3 Å². The standard InChI is InChI=1S/C29H33N3O2S/c1-2-24(22-9-5-3-6-10-22)29(34)31-18-16-30(17-19-31)27(33)21-32-15-13-26-25(14-20-35-26)28(32)23-11-7-4-8-12-23/h3-12,14,20,24,28H,2,13,15-19,21H2,1H3. The number of benzene rings is 2. The van der Waals surface area contributed by atoms with Crippen molar-refractivity contribution >= 4 is 23.2 Å². The maximum atomic E-state index is 13.4. The molecule has 1 fully saturated rings. The lowest BCUT2D eigenvalue weighted by Crippen LogP contribution is -2.54. The van der Waals surface area contributed by atoms with E-state index in [4.69, 9.17) is 0 Å². The Bertz CT molecular complexity index is 1140. The van der Waals surface area contributed by atoms with Crippen LogP contribution in [0.4, 0.5) is 0 Å². The van der Waals surface area contributed by atoms with Crippen molar-refractivity contribution in [2.24, 2.45) is 0 Å². The highest BCUT2D eigenvalue weighted by Crippen LogP contribution is 2.37. The van der Waals surface area contributed by atoms with Crippen LogP contribution in [0.2, 0.25) is 0 Å². The maximum absolute atomic E-state index is 13.4. The van der Waals surface area contributed by atoms with Gasteiger partial charge in [-0.2, -0.15) is 0 Å². The third-order valence-electron chi connectivity index (χ3n) is 7.37. The van der Waals surface area contributed by atoms with Gasteiger partial charge in [0.05, 0.1) is 18.5 Å². The number of piperazine rings is 1. The molecule has 1 saturated heterocycles. The van der Waals surface area contributed by atoms with Crippen LogP contribution >= 0.6 is 11.3 Å². The number of nitrogens with zero attached hydrogens (tertiary/aromatic N) is 3. The molecule has 2 aliphatic heterocycles. The smallest absolute Gasteiger partial charge is 0.236 e. The lowest BCUT2D eigenvalue weighted by Gasteiger charge is -2.39. The Morgan fingerprint density at radius 2 is 1.54 bits per heavy atom. The van der Waals surface area contributed by atoms with Gasteiger partial charge in [-0.25, -0.2) is 0 Å². The molecule has 2 aromatic carbocycles. The summed E-state index contributed by atoms with van der Waals surface area (Å²) >= 11 is 1.82. The summed E-state index contributed by atoms with van der Waals surface area (Å²) in [4.78, 5) is 34.2. The molecule has 2 amide bonds. The summed E-state index contributed by atoms with van der Waals surface area (Å²) < 4.78 is 0. The Morgan fingerprint density at radius 1 is 0.886 bits per heavy atom. The van der Waals surface area contributed by atoms with Crippen LogP contribution in [0.3, 0.4) is 0 Å². The molecule has 3 heterocycles. The summed E-state index contributed by atoms with van der Waals surface area (Å²) in [6, 6.07) is 22.9. The van der Waals surface area contributed by atoms with Crippen molar-refractivity contribution in [1.82, 2.24) is 14.7 Å². The van der Waals surface area contributed by atoms with E-state index in [0.717, 1.165) is 24.9 Å². The molecule has 5 nitrogen and oxygen atoms in total. The molecule has 3 aromatic rings. The highest BCUT2D eigenvalue weighted by atomic mass is 32.1. The molecule has 0 spiro atoms. The van der Waals surface area contributed by atoms with Gasteiger partial charge in [0.15, 0.2) is 0 Å². The Hall–Kier alpha value is -2.96. The van der Waals surface area contributed by atoms with Gasteiger partial charge in [0.25, 0.3) is 0 Å². The Labute approximate surface area is 212 Å². The zero-order valence-corrected chi connectivity index (χ0v) is 21.1. The molecule has 0 N–H and O–H groups in total. The van der Waals surface area contributed by atoms with Crippen molar-refractivity contribution in [3.63, 3.8) is 0 Å². The minimum Gasteiger partial charge on any atom is -0.339 e. The molecule has 2 unspecified atom stereocenters. The molecule has 2 atom stereocenters. The van der Waals surface area contributed by atoms with E-state index in [-0.39, 0.29) is 23.8 Å². The van der Waals surface area contributed by atoms with E-state index in [9.17, 15) is 9.59 Å². The van der Waals surface area contributed by atoms with E-state index < -0.39 is 0 Å². The number of fused-ring (bicyclic) bond motifs is 1. The summed E-state index contributed by atoms with van der Waals surface area (Å²) in [5, 5.41) is 2.17. The second-order valence-corrected chi connectivity index (χ2v) is 10.4. The zero-order valence-electron chi connectivity index (χ0n) is 20.3. The van der Waals surface area contributed by atoms with Crippen LogP contribution in [0, 0.1) is 0 Å². The van der Waals surface area contributed by atoms with Crippen molar-refractivity contribution < 1.29 is 9.59 Å². The normalized spacial score (nSPS) is 19.3. The molecule has 35 heavy (non-hydrogen) atoms. The largest absolute Gasteiger partial charge is 0.339 e. The first-order valence-corrected chi connectivity index (χ1v) is 13.5. The monoisotopic (exact) mass is 487 g/mol. The van der Waals surface area contributed by atoms with E-state index >= 15 is 0 Å². The predicted molar refractivity (Wildman–Crippen MR) is 141 cm³/mol. The summed E-state index contributed by atoms with van der Waals surface area (Å²) in [5.74, 6) is 0.223. The maximum Gasteiger partial charge on any atom is 0.236 e. The Balaban J connectivity index is 1.22. The first-order chi connectivity index (χ1) is 17.2. The van der Waals surface area contributed by atoms with E-state index in [0.29, 0.717) is 32.7 Å². The minimum atomic E-state index is -0.113. The average molecular weight is 488 g/mol. The average Bonchev–Trinajstić information content (AvgIpc) is 3.39. The highest BCUT2D eigenvalue weighted by Gasteiger charge is 2.33. The van der Waals surface area contributed by atoms with Crippen LogP contribution < -0.4 is 0 Å². The minimum absolute atomic E-state index is 0.113. The Kier molecular flexibility index (Phi) is 7.30. The van der Waals surface area contributed by atoms with Crippen molar-refractivity contribution in [2.45, 2.75) is 31.7 Å². The van der Waals surface area contributed by atoms with E-state index in [2.05, 4.69) is 47.5 Å². The number of amides is 2. The number of hydrogen-bond donors (Lipinski definition) is 0. The van der Waals surface area contributed by atoms with E-state index in [1.807, 2.05) is 57.5 Å². The molecule has 182 valence electrons. The highest BCUT2D eigenvalue weighted by molar-refractivity contribution is 7.10. The van der Waals surface area contributed by atoms with Crippen LogP contribution in [0.1, 0.15) is 46.9 Å². The SMILES string of the molecule is CCC(C(=O)N1CCN(C(=O)CN2CCc3sccc3C2c2ccccc2)CC1)c1ccccc1. The second kappa shape index (κ2) is 10.8. The third-order valence-corrected chi connectivity index (χ3v) is 8.37. The van der Waals surface area contributed by atoms with Gasteiger partial charge in [-0.05, 0) is 41.0 Å². The van der Waals surface area contributed by atoms with Crippen molar-refractivity contribution in [3.05, 3.63) is 93.7 Å². The lowest BCUT2D eigenvalue weighted by atomic mass is 9.93. The number of carbonyl (C=O) groups excluding carboxylic acids is 2. The van der Waals surface area contributed by atoms with Gasteiger partial charge >= 0.3 is 0 Å². The molecule has 0 bridgehead atoms. The molecule has 6 heteroatoms. The predicted octanol–water partition coefficient (Wildman–Crippen LogP) is 4.56. The van der Waals surface area contributed by atoms with Gasteiger partial charge < -0.3 is 9.80 Å². The van der Waals surface area contributed by atoms with Crippen LogP contribution in [0.15, 0.2) is 72.1 Å². The van der Waals surface area contributed by atoms with Gasteiger partial charge in [-0.15, -0.1) is 11.3 Å². The van der Waals surface area contributed by atoms with Crippen LogP contribution in [0.25, 0.3) is 0 Å². The topological polar surface area (TPSA) is 43.9 Å². The molecular weight excluding hydrogens is 454 g/mol. The molecule has 2 aliphatic rings. The first-order valence-electron chi connectivity index (χ1n) is 12.6. The molecular formula is C29H33N3O2S. The van der Waals surface area contributed by atoms with E-state index in [1.165, 1.54) is 16.0 Å². The van der Waals surface area contributed by atoms with Gasteiger partial charge in [0, 0.05) is 37.6 Å². The summed E-state index contributed by atoms with van der Waals surface area (Å²) in [7, 11) is 0. The third kappa shape index (κ3) is 5.04. The van der Waals surface area contributed by atoms with Crippen LogP contribution in [-0.4, -0.2) is 65.8 Å². The molecule has 0 aliphatic carbocycles.